The number of carboxylic acid groups (broad SMARTS) is 1. The van der Waals surface area contributed by atoms with Gasteiger partial charge in [0, 0.05) is 16.5 Å². The third-order valence-corrected chi connectivity index (χ3v) is 6.59. The predicted octanol–water partition coefficient (Wildman–Crippen LogP) is 6.14. The summed E-state index contributed by atoms with van der Waals surface area (Å²) in [6.45, 7) is 0. The monoisotopic (exact) mass is 503 g/mol. The summed E-state index contributed by atoms with van der Waals surface area (Å²) >= 11 is 12.3. The van der Waals surface area contributed by atoms with Gasteiger partial charge in [-0.25, -0.2) is 4.79 Å². The quantitative estimate of drug-likeness (QED) is 0.284. The summed E-state index contributed by atoms with van der Waals surface area (Å²) in [4.78, 5) is 26.6. The number of hydrogen-bond donors (Lipinski definition) is 2. The second-order valence-corrected chi connectivity index (χ2v) is 9.00. The van der Waals surface area contributed by atoms with Crippen LogP contribution in [0.5, 0.6) is 0 Å². The summed E-state index contributed by atoms with van der Waals surface area (Å²) in [6, 6.07) is 31.8. The molecule has 1 amide bonds. The fourth-order valence-corrected chi connectivity index (χ4v) is 4.82. The molecule has 4 rings (SSSR count). The van der Waals surface area contributed by atoms with Crippen molar-refractivity contribution in [2.24, 2.45) is 0 Å². The molecule has 4 aromatic rings. The van der Waals surface area contributed by atoms with Crippen LogP contribution in [0.15, 0.2) is 109 Å². The average molecular weight is 504 g/mol. The number of carbonyl (C=O) groups excluding carboxylic acids is 1. The summed E-state index contributed by atoms with van der Waals surface area (Å²) in [7, 11) is 0. The first-order chi connectivity index (χ1) is 16.9. The maximum absolute atomic E-state index is 14.3. The van der Waals surface area contributed by atoms with Crippen LogP contribution in [0.3, 0.4) is 0 Å². The molecule has 0 aliphatic rings. The smallest absolute Gasteiger partial charge is 0.326 e. The molecule has 0 heterocycles. The fourth-order valence-electron chi connectivity index (χ4n) is 4.33. The van der Waals surface area contributed by atoms with Crippen molar-refractivity contribution in [2.45, 2.75) is 17.9 Å². The van der Waals surface area contributed by atoms with Crippen LogP contribution in [-0.2, 0) is 21.4 Å². The van der Waals surface area contributed by atoms with Crippen molar-refractivity contribution >= 4 is 35.1 Å². The normalized spacial score (nSPS) is 12.1. The van der Waals surface area contributed by atoms with E-state index >= 15 is 0 Å². The Bertz CT molecular complexity index is 1220. The molecule has 0 bridgehead atoms. The van der Waals surface area contributed by atoms with Crippen LogP contribution >= 0.6 is 23.2 Å². The van der Waals surface area contributed by atoms with Crippen LogP contribution < -0.4 is 5.32 Å². The Morgan fingerprint density at radius 3 is 1.60 bits per heavy atom. The van der Waals surface area contributed by atoms with E-state index in [4.69, 9.17) is 23.2 Å². The van der Waals surface area contributed by atoms with E-state index in [2.05, 4.69) is 5.32 Å². The molecule has 0 aromatic heterocycles. The first-order valence-corrected chi connectivity index (χ1v) is 11.8. The highest BCUT2D eigenvalue weighted by Crippen LogP contribution is 2.39. The first kappa shape index (κ1) is 24.5. The van der Waals surface area contributed by atoms with Gasteiger partial charge in [-0.2, -0.15) is 0 Å². The highest BCUT2D eigenvalue weighted by atomic mass is 35.5. The van der Waals surface area contributed by atoms with E-state index in [9.17, 15) is 14.7 Å². The second kappa shape index (κ2) is 10.8. The molecule has 6 heteroatoms. The highest BCUT2D eigenvalue weighted by Gasteiger charge is 2.45. The molecule has 0 saturated carbocycles. The molecule has 4 nitrogen and oxygen atoms in total. The van der Waals surface area contributed by atoms with Gasteiger partial charge in [-0.1, -0.05) is 120 Å². The van der Waals surface area contributed by atoms with Crippen molar-refractivity contribution in [3.63, 3.8) is 0 Å². The van der Waals surface area contributed by atoms with Crippen LogP contribution in [0.2, 0.25) is 10.0 Å². The minimum Gasteiger partial charge on any atom is -0.480 e. The highest BCUT2D eigenvalue weighted by molar-refractivity contribution is 6.35. The largest absolute Gasteiger partial charge is 0.480 e. The molecule has 0 radical (unpaired) electrons. The van der Waals surface area contributed by atoms with Crippen molar-refractivity contribution in [3.8, 4) is 0 Å². The molecule has 1 atom stereocenters. The molecule has 4 aromatic carbocycles. The molecule has 0 aliphatic heterocycles. The summed E-state index contributed by atoms with van der Waals surface area (Å²) in [6.07, 6.45) is 0.00548. The number of hydrogen-bond acceptors (Lipinski definition) is 2. The third-order valence-electron chi connectivity index (χ3n) is 6.00. The SMILES string of the molecule is O=C(O)[C@H](Cc1ccc(Cl)cc1Cl)NC(=O)C(c1ccccc1)(c1ccccc1)c1ccccc1. The van der Waals surface area contributed by atoms with Gasteiger partial charge >= 0.3 is 5.97 Å². The molecule has 0 spiro atoms. The van der Waals surface area contributed by atoms with E-state index in [0.29, 0.717) is 15.6 Å². The first-order valence-electron chi connectivity index (χ1n) is 11.1. The van der Waals surface area contributed by atoms with Gasteiger partial charge in [-0.05, 0) is 34.4 Å². The number of aliphatic carboxylic acids is 1. The zero-order chi connectivity index (χ0) is 24.8. The molecule has 35 heavy (non-hydrogen) atoms. The third kappa shape index (κ3) is 5.09. The van der Waals surface area contributed by atoms with E-state index in [1.807, 2.05) is 91.0 Å². The molecule has 0 fully saturated rings. The molecular formula is C29H23Cl2NO3. The van der Waals surface area contributed by atoms with E-state index in [1.165, 1.54) is 0 Å². The standard InChI is InChI=1S/C29H23Cl2NO3/c30-24-17-16-20(25(31)19-24)18-26(27(33)34)32-28(35)29(21-10-4-1-5-11-21,22-12-6-2-7-13-22)23-14-8-3-9-15-23/h1-17,19,26H,18H2,(H,32,35)(H,33,34)/t26-/m0/s1. The van der Waals surface area contributed by atoms with Gasteiger partial charge in [0.25, 0.3) is 0 Å². The van der Waals surface area contributed by atoms with Gasteiger partial charge in [-0.15, -0.1) is 0 Å². The van der Waals surface area contributed by atoms with Crippen LogP contribution in [0, 0.1) is 0 Å². The Morgan fingerprint density at radius 2 is 1.20 bits per heavy atom. The Kier molecular flexibility index (Phi) is 7.54. The lowest BCUT2D eigenvalue weighted by molar-refractivity contribution is -0.142. The van der Waals surface area contributed by atoms with E-state index in [0.717, 1.165) is 16.7 Å². The van der Waals surface area contributed by atoms with Crippen molar-refractivity contribution in [2.75, 3.05) is 0 Å². The van der Waals surface area contributed by atoms with Crippen molar-refractivity contribution in [3.05, 3.63) is 141 Å². The topological polar surface area (TPSA) is 66.4 Å². The van der Waals surface area contributed by atoms with Crippen molar-refractivity contribution < 1.29 is 14.7 Å². The fraction of sp³-hybridized carbons (Fsp3) is 0.103. The number of benzene rings is 4. The van der Waals surface area contributed by atoms with Crippen LogP contribution in [0.25, 0.3) is 0 Å². The number of rotatable bonds is 8. The van der Waals surface area contributed by atoms with Gasteiger partial charge in [0.05, 0.1) is 0 Å². The lowest BCUT2D eigenvalue weighted by atomic mass is 9.68. The van der Waals surface area contributed by atoms with Crippen LogP contribution in [0.4, 0.5) is 0 Å². The van der Waals surface area contributed by atoms with Gasteiger partial charge < -0.3 is 10.4 Å². The van der Waals surface area contributed by atoms with Crippen molar-refractivity contribution in [1.29, 1.82) is 0 Å². The molecular weight excluding hydrogens is 481 g/mol. The van der Waals surface area contributed by atoms with Crippen molar-refractivity contribution in [1.82, 2.24) is 5.32 Å². The second-order valence-electron chi connectivity index (χ2n) is 8.15. The Labute approximate surface area is 214 Å². The summed E-state index contributed by atoms with van der Waals surface area (Å²) in [5, 5.41) is 13.6. The number of carbonyl (C=O) groups is 2. The van der Waals surface area contributed by atoms with E-state index < -0.39 is 23.3 Å². The van der Waals surface area contributed by atoms with Gasteiger partial charge in [-0.3, -0.25) is 4.79 Å². The Hall–Kier alpha value is -3.60. The Morgan fingerprint density at radius 1 is 0.743 bits per heavy atom. The van der Waals surface area contributed by atoms with Crippen LogP contribution in [-0.4, -0.2) is 23.0 Å². The summed E-state index contributed by atoms with van der Waals surface area (Å²) < 4.78 is 0. The minimum atomic E-state index is -1.28. The molecule has 2 N–H and O–H groups in total. The zero-order valence-corrected chi connectivity index (χ0v) is 20.2. The minimum absolute atomic E-state index is 0.00548. The average Bonchev–Trinajstić information content (AvgIpc) is 2.87. The zero-order valence-electron chi connectivity index (χ0n) is 18.7. The number of carboxylic acids is 1. The Balaban J connectivity index is 1.84. The molecule has 0 unspecified atom stereocenters. The number of amides is 1. The maximum atomic E-state index is 14.3. The predicted molar refractivity (Wildman–Crippen MR) is 139 cm³/mol. The molecule has 0 saturated heterocycles. The summed E-state index contributed by atoms with van der Waals surface area (Å²) in [5.74, 6) is -1.61. The van der Waals surface area contributed by atoms with Crippen LogP contribution in [0.1, 0.15) is 22.3 Å². The van der Waals surface area contributed by atoms with Gasteiger partial charge in [0.1, 0.15) is 11.5 Å². The molecule has 0 aliphatic carbocycles. The maximum Gasteiger partial charge on any atom is 0.326 e. The lowest BCUT2D eigenvalue weighted by Gasteiger charge is -2.35. The molecule has 176 valence electrons. The van der Waals surface area contributed by atoms with E-state index in [1.54, 1.807) is 18.2 Å². The lowest BCUT2D eigenvalue weighted by Crippen LogP contribution is -2.52. The van der Waals surface area contributed by atoms with Gasteiger partial charge in [0.2, 0.25) is 5.91 Å². The summed E-state index contributed by atoms with van der Waals surface area (Å²) in [5.41, 5.74) is 1.48. The number of halogens is 2. The van der Waals surface area contributed by atoms with E-state index in [-0.39, 0.29) is 6.42 Å². The number of nitrogens with one attached hydrogen (secondary N) is 1. The van der Waals surface area contributed by atoms with Gasteiger partial charge in [0.15, 0.2) is 0 Å².